The molecule has 1 aliphatic heterocycles. The van der Waals surface area contributed by atoms with E-state index in [2.05, 4.69) is 27.9 Å². The number of hydrogen-bond donors (Lipinski definition) is 1. The van der Waals surface area contributed by atoms with Gasteiger partial charge >= 0.3 is 0 Å². The van der Waals surface area contributed by atoms with Crippen molar-refractivity contribution >= 4 is 63.5 Å². The summed E-state index contributed by atoms with van der Waals surface area (Å²) in [6.45, 7) is 4.62. The molecule has 0 aliphatic carbocycles. The van der Waals surface area contributed by atoms with E-state index in [0.29, 0.717) is 30.3 Å². The lowest BCUT2D eigenvalue weighted by molar-refractivity contribution is -0.122. The Kier molecular flexibility index (Phi) is 8.00. The van der Waals surface area contributed by atoms with E-state index in [0.717, 1.165) is 19.6 Å². The molecule has 6 nitrogen and oxygen atoms in total. The highest BCUT2D eigenvalue weighted by molar-refractivity contribution is 14.1. The average Bonchev–Trinajstić information content (AvgIpc) is 2.83. The Morgan fingerprint density at radius 2 is 1.81 bits per heavy atom. The van der Waals surface area contributed by atoms with Gasteiger partial charge in [0.25, 0.3) is 11.8 Å². The van der Waals surface area contributed by atoms with Crippen LogP contribution in [0.4, 0.5) is 10.1 Å². The third-order valence-electron chi connectivity index (χ3n) is 5.34. The van der Waals surface area contributed by atoms with Crippen LogP contribution in [0.2, 0.25) is 0 Å². The molecule has 1 N–H and O–H groups in total. The van der Waals surface area contributed by atoms with Crippen LogP contribution in [0.3, 0.4) is 0 Å². The number of para-hydroxylation sites is 1. The van der Waals surface area contributed by atoms with Gasteiger partial charge in [-0.15, -0.1) is 0 Å². The second kappa shape index (κ2) is 11.2. The van der Waals surface area contributed by atoms with Crippen LogP contribution in [-0.4, -0.2) is 23.5 Å². The molecule has 9 heteroatoms. The molecule has 2 amide bonds. The molecule has 1 aliphatic rings. The van der Waals surface area contributed by atoms with Crippen molar-refractivity contribution in [3.63, 3.8) is 0 Å². The second-order valence-electron chi connectivity index (χ2n) is 7.95. The van der Waals surface area contributed by atoms with E-state index in [9.17, 15) is 14.0 Å². The van der Waals surface area contributed by atoms with Crippen LogP contribution in [0.5, 0.6) is 11.5 Å². The molecular formula is C27H22FIN2O4S. The molecule has 0 bridgehead atoms. The van der Waals surface area contributed by atoms with Crippen molar-refractivity contribution in [1.82, 2.24) is 5.32 Å². The van der Waals surface area contributed by atoms with Gasteiger partial charge in [-0.05, 0) is 90.1 Å². The molecule has 1 fully saturated rings. The maximum absolute atomic E-state index is 14.4. The number of hydrogen-bond acceptors (Lipinski definition) is 5. The van der Waals surface area contributed by atoms with Crippen molar-refractivity contribution in [3.05, 3.63) is 92.3 Å². The number of ether oxygens (including phenoxy) is 2. The van der Waals surface area contributed by atoms with E-state index in [4.69, 9.17) is 21.7 Å². The zero-order chi connectivity index (χ0) is 25.8. The lowest BCUT2D eigenvalue weighted by Crippen LogP contribution is -2.54. The van der Waals surface area contributed by atoms with Gasteiger partial charge in [0.15, 0.2) is 16.6 Å². The molecule has 0 saturated carbocycles. The topological polar surface area (TPSA) is 67.9 Å². The summed E-state index contributed by atoms with van der Waals surface area (Å²) in [5, 5.41) is 2.29. The summed E-state index contributed by atoms with van der Waals surface area (Å²) in [5.41, 5.74) is 2.50. The molecule has 1 heterocycles. The van der Waals surface area contributed by atoms with Crippen LogP contribution in [0, 0.1) is 16.3 Å². The highest BCUT2D eigenvalue weighted by Gasteiger charge is 2.35. The normalized spacial score (nSPS) is 14.7. The summed E-state index contributed by atoms with van der Waals surface area (Å²) in [6, 6.07) is 17.2. The molecule has 184 valence electrons. The van der Waals surface area contributed by atoms with E-state index in [1.54, 1.807) is 18.2 Å². The minimum atomic E-state index is -0.721. The first kappa shape index (κ1) is 25.8. The SMILES string of the molecule is CCOc1cc(/C=C2\C(=O)NC(=S)N(c3ccccc3F)C2=O)cc(I)c1OCc1ccc(C)cc1. The van der Waals surface area contributed by atoms with E-state index >= 15 is 0 Å². The Labute approximate surface area is 227 Å². The predicted octanol–water partition coefficient (Wildman–Crippen LogP) is 5.55. The van der Waals surface area contributed by atoms with E-state index in [1.807, 2.05) is 38.1 Å². The summed E-state index contributed by atoms with van der Waals surface area (Å²) in [4.78, 5) is 26.9. The van der Waals surface area contributed by atoms with E-state index in [-0.39, 0.29) is 16.4 Å². The van der Waals surface area contributed by atoms with Crippen molar-refractivity contribution in [1.29, 1.82) is 0 Å². The summed E-state index contributed by atoms with van der Waals surface area (Å²) in [5.74, 6) is -0.971. The minimum Gasteiger partial charge on any atom is -0.490 e. The number of nitrogens with one attached hydrogen (secondary N) is 1. The number of halogens is 2. The molecule has 0 spiro atoms. The Morgan fingerprint density at radius 1 is 1.08 bits per heavy atom. The lowest BCUT2D eigenvalue weighted by Gasteiger charge is -2.29. The van der Waals surface area contributed by atoms with E-state index < -0.39 is 17.6 Å². The fourth-order valence-electron chi connectivity index (χ4n) is 3.59. The number of aryl methyl sites for hydroxylation is 1. The first-order chi connectivity index (χ1) is 17.3. The Morgan fingerprint density at radius 3 is 2.50 bits per heavy atom. The lowest BCUT2D eigenvalue weighted by atomic mass is 10.1. The van der Waals surface area contributed by atoms with Crippen LogP contribution in [0.25, 0.3) is 6.08 Å². The van der Waals surface area contributed by atoms with Crippen LogP contribution in [0.15, 0.2) is 66.2 Å². The quantitative estimate of drug-likeness (QED) is 0.163. The van der Waals surface area contributed by atoms with Crippen molar-refractivity contribution < 1.29 is 23.5 Å². The molecular weight excluding hydrogens is 594 g/mol. The third kappa shape index (κ3) is 5.57. The van der Waals surface area contributed by atoms with Gasteiger partial charge < -0.3 is 9.47 Å². The molecule has 1 saturated heterocycles. The van der Waals surface area contributed by atoms with Crippen LogP contribution >= 0.6 is 34.8 Å². The van der Waals surface area contributed by atoms with Gasteiger partial charge in [-0.3, -0.25) is 14.9 Å². The van der Waals surface area contributed by atoms with Crippen LogP contribution < -0.4 is 19.7 Å². The molecule has 0 aromatic heterocycles. The molecule has 3 aromatic carbocycles. The van der Waals surface area contributed by atoms with Crippen molar-refractivity contribution in [2.24, 2.45) is 0 Å². The first-order valence-electron chi connectivity index (χ1n) is 11.1. The molecule has 0 atom stereocenters. The van der Waals surface area contributed by atoms with Gasteiger partial charge in [0, 0.05) is 0 Å². The third-order valence-corrected chi connectivity index (χ3v) is 6.43. The van der Waals surface area contributed by atoms with Crippen molar-refractivity contribution in [2.45, 2.75) is 20.5 Å². The largest absolute Gasteiger partial charge is 0.490 e. The number of carbonyl (C=O) groups excluding carboxylic acids is 2. The van der Waals surface area contributed by atoms with Gasteiger partial charge in [-0.2, -0.15) is 0 Å². The Bertz CT molecular complexity index is 1370. The van der Waals surface area contributed by atoms with Crippen LogP contribution in [0.1, 0.15) is 23.6 Å². The number of thiocarbonyl (C=S) groups is 1. The molecule has 0 radical (unpaired) electrons. The average molecular weight is 616 g/mol. The van der Waals surface area contributed by atoms with Crippen LogP contribution in [-0.2, 0) is 16.2 Å². The summed E-state index contributed by atoms with van der Waals surface area (Å²) >= 11 is 7.28. The number of benzene rings is 3. The monoisotopic (exact) mass is 616 g/mol. The Hall–Kier alpha value is -3.31. The van der Waals surface area contributed by atoms with Crippen molar-refractivity contribution in [2.75, 3.05) is 11.5 Å². The van der Waals surface area contributed by atoms with Gasteiger partial charge in [0.1, 0.15) is 18.0 Å². The minimum absolute atomic E-state index is 0.0390. The standard InChI is InChI=1S/C27H22FIN2O4S/c1-3-34-23-14-18(13-21(29)24(23)35-15-17-10-8-16(2)9-11-17)12-19-25(32)30-27(36)31(26(19)33)22-7-5-4-6-20(22)28/h4-14H,3,15H2,1-2H3,(H,30,32,36)/b19-12+. The second-order valence-corrected chi connectivity index (χ2v) is 9.50. The van der Waals surface area contributed by atoms with Gasteiger partial charge in [-0.25, -0.2) is 9.29 Å². The fourth-order valence-corrected chi connectivity index (χ4v) is 4.65. The molecule has 4 rings (SSSR count). The molecule has 0 unspecified atom stereocenters. The zero-order valence-corrected chi connectivity index (χ0v) is 22.5. The summed E-state index contributed by atoms with van der Waals surface area (Å²) < 4.78 is 27.0. The maximum atomic E-state index is 14.4. The Balaban J connectivity index is 1.66. The highest BCUT2D eigenvalue weighted by Crippen LogP contribution is 2.36. The van der Waals surface area contributed by atoms with Gasteiger partial charge in [0.05, 0.1) is 15.9 Å². The number of nitrogens with zero attached hydrogens (tertiary/aromatic N) is 1. The maximum Gasteiger partial charge on any atom is 0.270 e. The van der Waals surface area contributed by atoms with Crippen molar-refractivity contribution in [3.8, 4) is 11.5 Å². The summed E-state index contributed by atoms with van der Waals surface area (Å²) in [7, 11) is 0. The first-order valence-corrected chi connectivity index (χ1v) is 12.6. The number of amides is 2. The number of anilines is 1. The molecule has 3 aromatic rings. The smallest absolute Gasteiger partial charge is 0.270 e. The summed E-state index contributed by atoms with van der Waals surface area (Å²) in [6.07, 6.45) is 1.43. The van der Waals surface area contributed by atoms with Gasteiger partial charge in [-0.1, -0.05) is 42.0 Å². The molecule has 36 heavy (non-hydrogen) atoms. The zero-order valence-electron chi connectivity index (χ0n) is 19.5. The fraction of sp³-hybridized carbons (Fsp3) is 0.148. The van der Waals surface area contributed by atoms with E-state index in [1.165, 1.54) is 24.3 Å². The number of rotatable bonds is 7. The highest BCUT2D eigenvalue weighted by atomic mass is 127. The van der Waals surface area contributed by atoms with Gasteiger partial charge in [0.2, 0.25) is 0 Å². The number of carbonyl (C=O) groups is 2. The predicted molar refractivity (Wildman–Crippen MR) is 148 cm³/mol.